The van der Waals surface area contributed by atoms with Gasteiger partial charge in [-0.05, 0) is 82.6 Å². The van der Waals surface area contributed by atoms with Crippen molar-refractivity contribution in [1.82, 2.24) is 0 Å². The van der Waals surface area contributed by atoms with Crippen LogP contribution >= 0.6 is 24.1 Å². The van der Waals surface area contributed by atoms with Gasteiger partial charge in [0.15, 0.2) is 11.5 Å². The summed E-state index contributed by atoms with van der Waals surface area (Å²) in [4.78, 5) is -1.95. The SMILES string of the molecule is Nc1cc(S(=O)(=O)O)cc2cc(SOOO)c(N=Nc3ccc(C=Cc4ccc(N=Nc5c(S(=O)(=O)O)cc6cc(SOOO)cc(N)c6c5O)cc4S(=O)(=O)O)cc3)c(O)c12. The molecule has 0 heterocycles. The van der Waals surface area contributed by atoms with Crippen molar-refractivity contribution >= 4 is 122 Å². The molecule has 0 bridgehead atoms. The summed E-state index contributed by atoms with van der Waals surface area (Å²) in [6.07, 6.45) is 2.80. The third kappa shape index (κ3) is 10.3. The Balaban J connectivity index is 1.28. The van der Waals surface area contributed by atoms with Crippen LogP contribution < -0.4 is 11.5 Å². The Morgan fingerprint density at radius 2 is 1.13 bits per heavy atom. The number of phenolic OH excluding ortho intramolecular Hbond substituents is 2. The normalized spacial score (nSPS) is 12.8. The number of aromatic hydroxyl groups is 2. The number of nitrogens with two attached hydrogens (primary N) is 2. The Morgan fingerprint density at radius 1 is 0.565 bits per heavy atom. The highest BCUT2D eigenvalue weighted by Crippen LogP contribution is 2.47. The lowest BCUT2D eigenvalue weighted by molar-refractivity contribution is -0.432. The van der Waals surface area contributed by atoms with Crippen LogP contribution in [-0.4, -0.2) is 59.6 Å². The largest absolute Gasteiger partial charge is 0.505 e. The molecule has 0 fully saturated rings. The lowest BCUT2D eigenvalue weighted by Crippen LogP contribution is -2.00. The highest BCUT2D eigenvalue weighted by atomic mass is 32.2. The quantitative estimate of drug-likeness (QED) is 0.00890. The molecule has 0 aliphatic rings. The molecule has 0 unspecified atom stereocenters. The highest BCUT2D eigenvalue weighted by molar-refractivity contribution is 7.95. The maximum absolute atomic E-state index is 12.4. The smallest absolute Gasteiger partial charge is 0.296 e. The first-order valence-corrected chi connectivity index (χ1v) is 22.2. The van der Waals surface area contributed by atoms with Gasteiger partial charge >= 0.3 is 0 Å². The Labute approximate surface area is 356 Å². The molecule has 6 aromatic carbocycles. The van der Waals surface area contributed by atoms with Crippen LogP contribution in [0.2, 0.25) is 0 Å². The number of rotatable bonds is 15. The van der Waals surface area contributed by atoms with Crippen LogP contribution in [0, 0.1) is 0 Å². The summed E-state index contributed by atoms with van der Waals surface area (Å²) >= 11 is 0.854. The van der Waals surface area contributed by atoms with Gasteiger partial charge in [0.25, 0.3) is 30.4 Å². The van der Waals surface area contributed by atoms with E-state index in [0.29, 0.717) is 29.6 Å². The van der Waals surface area contributed by atoms with Gasteiger partial charge in [-0.3, -0.25) is 13.7 Å². The van der Waals surface area contributed by atoms with E-state index in [1.807, 2.05) is 0 Å². The second-order valence-electron chi connectivity index (χ2n) is 12.3. The Kier molecular flexibility index (Phi) is 13.5. The standard InChI is InChI=1S/C34H26N6O17S5/c35-24-14-22(58-56-54-43)9-18-12-28(62(51,52)53)32(34(42)29(18)24)40-38-21-8-5-17(27(13-21)61(48,49)50)4-1-16-2-6-20(7-3-16)37-39-31-26(59-57-55-44)11-19-10-23(60(45,46)47)15-25(36)30(19)33(31)41/h1-15,41-44H,35-36H2,(H,45,46,47)(H,48,49,50)(H,51,52,53). The van der Waals surface area contributed by atoms with Crippen LogP contribution in [0.5, 0.6) is 11.5 Å². The molecule has 0 amide bonds. The van der Waals surface area contributed by atoms with E-state index in [0.717, 1.165) is 24.3 Å². The molecular weight excluding hydrogens is 925 g/mol. The molecule has 0 spiro atoms. The Hall–Kier alpha value is -5.83. The van der Waals surface area contributed by atoms with Crippen LogP contribution in [0.15, 0.2) is 124 Å². The first-order chi connectivity index (χ1) is 29.2. The van der Waals surface area contributed by atoms with Crippen molar-refractivity contribution in [3.05, 3.63) is 90.0 Å². The van der Waals surface area contributed by atoms with E-state index in [9.17, 15) is 49.1 Å². The number of phenols is 2. The van der Waals surface area contributed by atoms with E-state index in [1.54, 1.807) is 12.1 Å². The zero-order valence-electron chi connectivity index (χ0n) is 30.4. The number of nitrogen functional groups attached to an aromatic ring is 2. The van der Waals surface area contributed by atoms with Crippen molar-refractivity contribution in [2.75, 3.05) is 11.5 Å². The second kappa shape index (κ2) is 18.3. The van der Waals surface area contributed by atoms with Crippen molar-refractivity contribution in [2.24, 2.45) is 20.5 Å². The zero-order valence-corrected chi connectivity index (χ0v) is 34.4. The zero-order chi connectivity index (χ0) is 45.1. The molecule has 324 valence electrons. The van der Waals surface area contributed by atoms with E-state index >= 15 is 0 Å². The minimum absolute atomic E-state index is 0.00767. The maximum atomic E-state index is 12.4. The third-order valence-corrected chi connectivity index (χ3v) is 12.1. The van der Waals surface area contributed by atoms with Crippen molar-refractivity contribution in [3.63, 3.8) is 0 Å². The molecule has 0 radical (unpaired) electrons. The van der Waals surface area contributed by atoms with E-state index in [-0.39, 0.29) is 65.3 Å². The van der Waals surface area contributed by atoms with Gasteiger partial charge in [-0.15, -0.1) is 18.9 Å². The fourth-order valence-corrected chi connectivity index (χ4v) is 8.61. The lowest BCUT2D eigenvalue weighted by Gasteiger charge is -2.12. The number of azo groups is 2. The van der Waals surface area contributed by atoms with Crippen molar-refractivity contribution < 1.29 is 78.4 Å². The molecule has 23 nitrogen and oxygen atoms in total. The van der Waals surface area contributed by atoms with Crippen molar-refractivity contribution in [1.29, 1.82) is 0 Å². The van der Waals surface area contributed by atoms with Crippen LogP contribution in [-0.2, 0) is 49.1 Å². The average Bonchev–Trinajstić information content (AvgIpc) is 3.19. The number of nitrogens with zero attached hydrogens (tertiary/aromatic N) is 4. The number of hydrogen-bond acceptors (Lipinski definition) is 22. The van der Waals surface area contributed by atoms with Gasteiger partial charge in [0.1, 0.15) is 21.2 Å². The predicted molar refractivity (Wildman–Crippen MR) is 221 cm³/mol. The van der Waals surface area contributed by atoms with Crippen LogP contribution in [0.25, 0.3) is 33.7 Å². The number of hydrogen-bond donors (Lipinski definition) is 9. The predicted octanol–water partition coefficient (Wildman–Crippen LogP) is 8.17. The number of benzene rings is 6. The lowest BCUT2D eigenvalue weighted by atomic mass is 10.1. The molecular formula is C34H26N6O17S5. The Bertz CT molecular complexity index is 3190. The first kappa shape index (κ1) is 45.7. The first-order valence-electron chi connectivity index (χ1n) is 16.4. The molecule has 62 heavy (non-hydrogen) atoms. The van der Waals surface area contributed by atoms with Gasteiger partial charge in [0, 0.05) is 27.0 Å². The molecule has 0 saturated carbocycles. The molecule has 0 atom stereocenters. The number of fused-ring (bicyclic) bond motifs is 2. The van der Waals surface area contributed by atoms with Gasteiger partial charge in [0.2, 0.25) is 0 Å². The second-order valence-corrected chi connectivity index (χ2v) is 18.0. The van der Waals surface area contributed by atoms with Gasteiger partial charge in [-0.2, -0.15) is 35.5 Å². The van der Waals surface area contributed by atoms with Gasteiger partial charge < -0.3 is 21.7 Å². The molecule has 6 rings (SSSR count). The van der Waals surface area contributed by atoms with E-state index in [2.05, 4.69) is 39.2 Å². The molecule has 0 saturated heterocycles. The van der Waals surface area contributed by atoms with Gasteiger partial charge in [-0.1, -0.05) is 40.4 Å². The molecule has 28 heteroatoms. The summed E-state index contributed by atoms with van der Waals surface area (Å²) in [5, 5.41) is 62.0. The molecule has 6 aromatic rings. The summed E-state index contributed by atoms with van der Waals surface area (Å²) < 4.78 is 111. The van der Waals surface area contributed by atoms with Gasteiger partial charge in [-0.25, -0.2) is 10.5 Å². The average molecular weight is 951 g/mol. The van der Waals surface area contributed by atoms with E-state index < -0.39 is 62.2 Å². The minimum Gasteiger partial charge on any atom is -0.505 e. The number of anilines is 2. The van der Waals surface area contributed by atoms with E-state index in [1.165, 1.54) is 54.6 Å². The molecule has 11 N–H and O–H groups in total. The summed E-state index contributed by atoms with van der Waals surface area (Å²) in [7, 11) is -14.7. The van der Waals surface area contributed by atoms with Crippen molar-refractivity contribution in [3.8, 4) is 11.5 Å². The van der Waals surface area contributed by atoms with E-state index in [4.69, 9.17) is 22.0 Å². The topological polar surface area (TPSA) is 382 Å². The summed E-state index contributed by atoms with van der Waals surface area (Å²) in [5.74, 6) is -1.38. The molecule has 0 aliphatic heterocycles. The fraction of sp³-hybridized carbons (Fsp3) is 0. The molecule has 0 aliphatic carbocycles. The van der Waals surface area contributed by atoms with Crippen LogP contribution in [0.1, 0.15) is 11.1 Å². The van der Waals surface area contributed by atoms with Crippen molar-refractivity contribution in [2.45, 2.75) is 24.5 Å². The molecule has 0 aromatic heterocycles. The Morgan fingerprint density at radius 3 is 1.76 bits per heavy atom. The van der Waals surface area contributed by atoms with Gasteiger partial charge in [0.05, 0.1) is 45.3 Å². The highest BCUT2D eigenvalue weighted by Gasteiger charge is 2.25. The van der Waals surface area contributed by atoms with Crippen LogP contribution in [0.4, 0.5) is 34.1 Å². The van der Waals surface area contributed by atoms with Crippen LogP contribution in [0.3, 0.4) is 0 Å². The maximum Gasteiger partial charge on any atom is 0.296 e. The fourth-order valence-electron chi connectivity index (χ4n) is 5.74. The summed E-state index contributed by atoms with van der Waals surface area (Å²) in [6.45, 7) is 0. The monoisotopic (exact) mass is 950 g/mol. The minimum atomic E-state index is -5.07. The third-order valence-electron chi connectivity index (χ3n) is 8.35. The summed E-state index contributed by atoms with van der Waals surface area (Å²) in [5.41, 5.74) is 11.1. The summed E-state index contributed by atoms with van der Waals surface area (Å²) in [6, 6.07) is 16.2.